The third kappa shape index (κ3) is 9.44. The first-order valence-corrected chi connectivity index (χ1v) is 4.79. The minimum absolute atomic E-state index is 0.0335. The maximum atomic E-state index is 10.3. The van der Waals surface area contributed by atoms with E-state index in [0.29, 0.717) is 13.2 Å². The van der Waals surface area contributed by atoms with Gasteiger partial charge in [-0.15, -0.1) is 0 Å². The van der Waals surface area contributed by atoms with Gasteiger partial charge in [0, 0.05) is 0 Å². The quantitative estimate of drug-likeness (QED) is 0.497. The molecule has 0 aliphatic carbocycles. The third-order valence-electron chi connectivity index (χ3n) is 1.68. The average Bonchev–Trinajstić information content (AvgIpc) is 2.13. The van der Waals surface area contributed by atoms with Crippen LogP contribution >= 0.6 is 0 Å². The molecule has 1 unspecified atom stereocenters. The molecule has 0 rings (SSSR count). The van der Waals surface area contributed by atoms with Gasteiger partial charge in [0.1, 0.15) is 6.61 Å². The number of primary amides is 1. The van der Waals surface area contributed by atoms with Crippen LogP contribution in [0.3, 0.4) is 0 Å². The Bertz CT molecular complexity index is 153. The van der Waals surface area contributed by atoms with Crippen molar-refractivity contribution in [2.24, 2.45) is 5.73 Å². The maximum Gasteiger partial charge on any atom is 0.243 e. The van der Waals surface area contributed by atoms with Crippen molar-refractivity contribution in [1.29, 1.82) is 0 Å². The van der Waals surface area contributed by atoms with E-state index in [1.54, 1.807) is 0 Å². The van der Waals surface area contributed by atoms with E-state index in [4.69, 9.17) is 15.2 Å². The molecule has 5 nitrogen and oxygen atoms in total. The molecule has 0 aromatic heterocycles. The van der Waals surface area contributed by atoms with Crippen LogP contribution in [0.25, 0.3) is 0 Å². The van der Waals surface area contributed by atoms with Gasteiger partial charge in [0.25, 0.3) is 0 Å². The Kier molecular flexibility index (Phi) is 8.51. The lowest BCUT2D eigenvalue weighted by molar-refractivity contribution is -0.123. The summed E-state index contributed by atoms with van der Waals surface area (Å²) in [5.41, 5.74) is 4.89. The van der Waals surface area contributed by atoms with E-state index in [-0.39, 0.29) is 12.7 Å². The highest BCUT2D eigenvalue weighted by Gasteiger charge is 2.00. The van der Waals surface area contributed by atoms with Crippen LogP contribution in [0.15, 0.2) is 0 Å². The number of hydrogen-bond donors (Lipinski definition) is 2. The van der Waals surface area contributed by atoms with Crippen molar-refractivity contribution in [1.82, 2.24) is 5.32 Å². The number of rotatable bonds is 9. The Hall–Kier alpha value is -0.650. The van der Waals surface area contributed by atoms with Gasteiger partial charge in [-0.3, -0.25) is 4.79 Å². The van der Waals surface area contributed by atoms with Crippen molar-refractivity contribution in [3.63, 3.8) is 0 Å². The van der Waals surface area contributed by atoms with Gasteiger partial charge in [-0.2, -0.15) is 0 Å². The summed E-state index contributed by atoms with van der Waals surface area (Å²) in [6, 6.07) is 0. The molecule has 0 saturated carbocycles. The van der Waals surface area contributed by atoms with E-state index in [9.17, 15) is 4.79 Å². The second kappa shape index (κ2) is 8.93. The molecule has 0 radical (unpaired) electrons. The van der Waals surface area contributed by atoms with Gasteiger partial charge in [0.15, 0.2) is 0 Å². The van der Waals surface area contributed by atoms with Crippen LogP contribution < -0.4 is 11.1 Å². The SMILES string of the molecule is CNCCC(C)OCCOCC(N)=O. The molecule has 84 valence electrons. The van der Waals surface area contributed by atoms with Crippen LogP contribution in [0.4, 0.5) is 0 Å². The summed E-state index contributed by atoms with van der Waals surface area (Å²) in [5.74, 6) is -0.451. The van der Waals surface area contributed by atoms with E-state index in [1.165, 1.54) is 0 Å². The Morgan fingerprint density at radius 3 is 2.79 bits per heavy atom. The Labute approximate surface area is 84.9 Å². The zero-order valence-electron chi connectivity index (χ0n) is 8.91. The Morgan fingerprint density at radius 1 is 1.50 bits per heavy atom. The summed E-state index contributed by atoms with van der Waals surface area (Å²) >= 11 is 0. The summed E-state index contributed by atoms with van der Waals surface area (Å²) in [5, 5.41) is 3.04. The first-order valence-electron chi connectivity index (χ1n) is 4.79. The highest BCUT2D eigenvalue weighted by molar-refractivity contribution is 5.74. The molecule has 14 heavy (non-hydrogen) atoms. The van der Waals surface area contributed by atoms with Gasteiger partial charge in [-0.25, -0.2) is 0 Å². The average molecular weight is 204 g/mol. The molecule has 0 saturated heterocycles. The van der Waals surface area contributed by atoms with Crippen LogP contribution in [0.5, 0.6) is 0 Å². The fourth-order valence-electron chi connectivity index (χ4n) is 0.912. The molecular formula is C9H20N2O3. The van der Waals surface area contributed by atoms with E-state index < -0.39 is 5.91 Å². The standard InChI is InChI=1S/C9H20N2O3/c1-8(3-4-11-2)14-6-5-13-7-9(10)12/h8,11H,3-7H2,1-2H3,(H2,10,12). The summed E-state index contributed by atoms with van der Waals surface area (Å²) in [4.78, 5) is 10.3. The summed E-state index contributed by atoms with van der Waals surface area (Å²) in [6.07, 6.45) is 1.17. The molecule has 0 aromatic rings. The number of nitrogens with one attached hydrogen (secondary N) is 1. The van der Waals surface area contributed by atoms with Crippen molar-refractivity contribution in [3.8, 4) is 0 Å². The minimum atomic E-state index is -0.451. The van der Waals surface area contributed by atoms with E-state index >= 15 is 0 Å². The van der Waals surface area contributed by atoms with Gasteiger partial charge in [0.05, 0.1) is 19.3 Å². The van der Waals surface area contributed by atoms with Crippen molar-refractivity contribution >= 4 is 5.91 Å². The van der Waals surface area contributed by atoms with Crippen LogP contribution in [0.2, 0.25) is 0 Å². The number of carbonyl (C=O) groups is 1. The summed E-state index contributed by atoms with van der Waals surface area (Å²) < 4.78 is 10.3. The van der Waals surface area contributed by atoms with E-state index in [2.05, 4.69) is 5.32 Å². The summed E-state index contributed by atoms with van der Waals surface area (Å²) in [6.45, 7) is 3.81. The Balaban J connectivity index is 3.14. The predicted octanol–water partition coefficient (Wildman–Crippen LogP) is -0.497. The molecule has 0 bridgehead atoms. The van der Waals surface area contributed by atoms with Gasteiger partial charge >= 0.3 is 0 Å². The van der Waals surface area contributed by atoms with E-state index in [1.807, 2.05) is 14.0 Å². The minimum Gasteiger partial charge on any atom is -0.376 e. The lowest BCUT2D eigenvalue weighted by Crippen LogP contribution is -2.22. The molecule has 0 spiro atoms. The Morgan fingerprint density at radius 2 is 2.21 bits per heavy atom. The van der Waals surface area contributed by atoms with Crippen LogP contribution in [0.1, 0.15) is 13.3 Å². The molecule has 3 N–H and O–H groups in total. The molecule has 0 aliphatic heterocycles. The fourth-order valence-corrected chi connectivity index (χ4v) is 0.912. The molecule has 0 aromatic carbocycles. The zero-order chi connectivity index (χ0) is 10.8. The largest absolute Gasteiger partial charge is 0.376 e. The zero-order valence-corrected chi connectivity index (χ0v) is 8.91. The van der Waals surface area contributed by atoms with Crippen molar-refractivity contribution < 1.29 is 14.3 Å². The smallest absolute Gasteiger partial charge is 0.243 e. The van der Waals surface area contributed by atoms with Crippen molar-refractivity contribution in [2.75, 3.05) is 33.4 Å². The lowest BCUT2D eigenvalue weighted by Gasteiger charge is -2.12. The van der Waals surface area contributed by atoms with Gasteiger partial charge in [-0.05, 0) is 26.9 Å². The van der Waals surface area contributed by atoms with Crippen molar-refractivity contribution in [3.05, 3.63) is 0 Å². The number of nitrogens with two attached hydrogens (primary N) is 1. The number of amides is 1. The first kappa shape index (κ1) is 13.4. The molecule has 1 amide bonds. The second-order valence-corrected chi connectivity index (χ2v) is 3.09. The first-order chi connectivity index (χ1) is 6.66. The van der Waals surface area contributed by atoms with Crippen LogP contribution in [-0.4, -0.2) is 45.4 Å². The van der Waals surface area contributed by atoms with Gasteiger partial charge < -0.3 is 20.5 Å². The molecule has 0 aliphatic rings. The van der Waals surface area contributed by atoms with Gasteiger partial charge in [0.2, 0.25) is 5.91 Å². The number of ether oxygens (including phenoxy) is 2. The third-order valence-corrected chi connectivity index (χ3v) is 1.68. The number of hydrogen-bond acceptors (Lipinski definition) is 4. The lowest BCUT2D eigenvalue weighted by atomic mass is 10.3. The van der Waals surface area contributed by atoms with Crippen LogP contribution in [0, 0.1) is 0 Å². The highest BCUT2D eigenvalue weighted by Crippen LogP contribution is 1.95. The molecular weight excluding hydrogens is 184 g/mol. The molecule has 0 heterocycles. The van der Waals surface area contributed by atoms with Crippen molar-refractivity contribution in [2.45, 2.75) is 19.4 Å². The number of carbonyl (C=O) groups excluding carboxylic acids is 1. The predicted molar refractivity (Wildman–Crippen MR) is 54.0 cm³/mol. The molecule has 0 fully saturated rings. The summed E-state index contributed by atoms with van der Waals surface area (Å²) in [7, 11) is 1.91. The van der Waals surface area contributed by atoms with Gasteiger partial charge in [-0.1, -0.05) is 0 Å². The fraction of sp³-hybridized carbons (Fsp3) is 0.889. The van der Waals surface area contributed by atoms with E-state index in [0.717, 1.165) is 13.0 Å². The monoisotopic (exact) mass is 204 g/mol. The van der Waals surface area contributed by atoms with Crippen LogP contribution in [-0.2, 0) is 14.3 Å². The molecule has 1 atom stereocenters. The highest BCUT2D eigenvalue weighted by atomic mass is 16.5. The normalized spacial score (nSPS) is 12.7. The molecule has 5 heteroatoms. The topological polar surface area (TPSA) is 73.6 Å². The second-order valence-electron chi connectivity index (χ2n) is 3.09. The maximum absolute atomic E-state index is 10.3.